The Bertz CT molecular complexity index is 542. The third-order valence-electron chi connectivity index (χ3n) is 3.09. The molecule has 4 heteroatoms. The lowest BCUT2D eigenvalue weighted by Crippen LogP contribution is -2.21. The topological polar surface area (TPSA) is 41.5 Å². The van der Waals surface area contributed by atoms with E-state index in [1.807, 2.05) is 42.5 Å². The molecule has 2 rings (SSSR count). The molecule has 1 atom stereocenters. The lowest BCUT2D eigenvalue weighted by atomic mass is 10.1. The van der Waals surface area contributed by atoms with Crippen LogP contribution in [0.5, 0.6) is 5.75 Å². The SMILES string of the molecule is COc1ccc(CNCC(O)c2ccccc2Cl)cc1. The Labute approximate surface area is 124 Å². The zero-order chi connectivity index (χ0) is 14.4. The van der Waals surface area contributed by atoms with Crippen LogP contribution in [0.2, 0.25) is 5.02 Å². The second-order valence-electron chi connectivity index (χ2n) is 4.52. The standard InChI is InChI=1S/C16H18ClNO2/c1-20-13-8-6-12(7-9-13)10-18-11-16(19)14-4-2-3-5-15(14)17/h2-9,16,18-19H,10-11H2,1H3. The molecule has 1 unspecified atom stereocenters. The molecule has 3 nitrogen and oxygen atoms in total. The maximum absolute atomic E-state index is 10.1. The van der Waals surface area contributed by atoms with Gasteiger partial charge in [-0.15, -0.1) is 0 Å². The first kappa shape index (κ1) is 14.9. The van der Waals surface area contributed by atoms with E-state index in [9.17, 15) is 5.11 Å². The van der Waals surface area contributed by atoms with Crippen molar-refractivity contribution < 1.29 is 9.84 Å². The van der Waals surface area contributed by atoms with Crippen LogP contribution >= 0.6 is 11.6 Å². The molecule has 2 N–H and O–H groups in total. The predicted molar refractivity (Wildman–Crippen MR) is 81.1 cm³/mol. The number of hydrogen-bond donors (Lipinski definition) is 2. The van der Waals surface area contributed by atoms with Crippen LogP contribution in [0.3, 0.4) is 0 Å². The number of hydrogen-bond acceptors (Lipinski definition) is 3. The minimum atomic E-state index is -0.609. The van der Waals surface area contributed by atoms with Crippen LogP contribution in [0.15, 0.2) is 48.5 Å². The van der Waals surface area contributed by atoms with Crippen LogP contribution in [-0.4, -0.2) is 18.8 Å². The first-order valence-corrected chi connectivity index (χ1v) is 6.84. The molecule has 0 saturated heterocycles. The largest absolute Gasteiger partial charge is 0.497 e. The quantitative estimate of drug-likeness (QED) is 0.859. The Balaban J connectivity index is 1.84. The second-order valence-corrected chi connectivity index (χ2v) is 4.92. The fraction of sp³-hybridized carbons (Fsp3) is 0.250. The fourth-order valence-corrected chi connectivity index (χ4v) is 2.21. The van der Waals surface area contributed by atoms with Gasteiger partial charge >= 0.3 is 0 Å². The highest BCUT2D eigenvalue weighted by Gasteiger charge is 2.10. The molecule has 2 aromatic carbocycles. The normalized spacial score (nSPS) is 12.2. The van der Waals surface area contributed by atoms with Gasteiger partial charge in [-0.1, -0.05) is 41.9 Å². The molecule has 0 aliphatic heterocycles. The molecule has 20 heavy (non-hydrogen) atoms. The Morgan fingerprint density at radius 2 is 1.85 bits per heavy atom. The van der Waals surface area contributed by atoms with Crippen LogP contribution in [-0.2, 0) is 6.54 Å². The van der Waals surface area contributed by atoms with E-state index >= 15 is 0 Å². The summed E-state index contributed by atoms with van der Waals surface area (Å²) < 4.78 is 5.11. The number of nitrogens with one attached hydrogen (secondary N) is 1. The number of rotatable bonds is 6. The minimum absolute atomic E-state index is 0.454. The zero-order valence-electron chi connectivity index (χ0n) is 11.3. The third-order valence-corrected chi connectivity index (χ3v) is 3.43. The van der Waals surface area contributed by atoms with Crippen molar-refractivity contribution in [1.82, 2.24) is 5.32 Å². The summed E-state index contributed by atoms with van der Waals surface area (Å²) >= 11 is 6.05. The maximum Gasteiger partial charge on any atom is 0.118 e. The van der Waals surface area contributed by atoms with Gasteiger partial charge in [-0.3, -0.25) is 0 Å². The fourth-order valence-electron chi connectivity index (χ4n) is 1.95. The van der Waals surface area contributed by atoms with Crippen molar-refractivity contribution in [2.24, 2.45) is 0 Å². The third kappa shape index (κ3) is 3.97. The second kappa shape index (κ2) is 7.29. The lowest BCUT2D eigenvalue weighted by Gasteiger charge is -2.13. The van der Waals surface area contributed by atoms with E-state index in [2.05, 4.69) is 5.32 Å². The van der Waals surface area contributed by atoms with Crippen LogP contribution < -0.4 is 10.1 Å². The van der Waals surface area contributed by atoms with Crippen molar-refractivity contribution in [2.45, 2.75) is 12.6 Å². The van der Waals surface area contributed by atoms with Crippen molar-refractivity contribution in [2.75, 3.05) is 13.7 Å². The van der Waals surface area contributed by atoms with Crippen molar-refractivity contribution in [3.8, 4) is 5.75 Å². The van der Waals surface area contributed by atoms with Crippen LogP contribution in [0.1, 0.15) is 17.2 Å². The first-order chi connectivity index (χ1) is 9.70. The van der Waals surface area contributed by atoms with Crippen molar-refractivity contribution in [1.29, 1.82) is 0 Å². The molecule has 0 radical (unpaired) electrons. The molecule has 0 saturated carbocycles. The minimum Gasteiger partial charge on any atom is -0.497 e. The highest BCUT2D eigenvalue weighted by molar-refractivity contribution is 6.31. The van der Waals surface area contributed by atoms with E-state index in [1.54, 1.807) is 13.2 Å². The van der Waals surface area contributed by atoms with Gasteiger partial charge in [-0.25, -0.2) is 0 Å². The number of methoxy groups -OCH3 is 1. The molecule has 0 heterocycles. The maximum atomic E-state index is 10.1. The van der Waals surface area contributed by atoms with Crippen molar-refractivity contribution in [3.05, 3.63) is 64.7 Å². The van der Waals surface area contributed by atoms with Gasteiger partial charge in [0, 0.05) is 23.7 Å². The van der Waals surface area contributed by atoms with Crippen molar-refractivity contribution >= 4 is 11.6 Å². The predicted octanol–water partition coefficient (Wildman–Crippen LogP) is 3.17. The summed E-state index contributed by atoms with van der Waals surface area (Å²) in [6.45, 7) is 1.14. The summed E-state index contributed by atoms with van der Waals surface area (Å²) in [4.78, 5) is 0. The molecule has 0 aliphatic carbocycles. The van der Waals surface area contributed by atoms with Crippen LogP contribution in [0, 0.1) is 0 Å². The summed E-state index contributed by atoms with van der Waals surface area (Å²) in [6, 6.07) is 15.2. The number of benzene rings is 2. The van der Waals surface area contributed by atoms with Gasteiger partial charge in [0.2, 0.25) is 0 Å². The molecular weight excluding hydrogens is 274 g/mol. The molecule has 0 spiro atoms. The van der Waals surface area contributed by atoms with E-state index < -0.39 is 6.10 Å². The summed E-state index contributed by atoms with van der Waals surface area (Å²) in [7, 11) is 1.65. The molecule has 0 aromatic heterocycles. The summed E-state index contributed by atoms with van der Waals surface area (Å²) in [6.07, 6.45) is -0.609. The Hall–Kier alpha value is -1.55. The highest BCUT2D eigenvalue weighted by atomic mass is 35.5. The Morgan fingerprint density at radius 3 is 2.50 bits per heavy atom. The first-order valence-electron chi connectivity index (χ1n) is 6.47. The van der Waals surface area contributed by atoms with E-state index in [0.717, 1.165) is 16.9 Å². The van der Waals surface area contributed by atoms with Gasteiger partial charge in [0.25, 0.3) is 0 Å². The molecule has 0 aliphatic rings. The van der Waals surface area contributed by atoms with Gasteiger partial charge < -0.3 is 15.2 Å². The molecule has 106 valence electrons. The summed E-state index contributed by atoms with van der Waals surface area (Å²) in [5.74, 6) is 0.838. The molecule has 2 aromatic rings. The number of aliphatic hydroxyl groups excluding tert-OH is 1. The van der Waals surface area contributed by atoms with Gasteiger partial charge in [0.1, 0.15) is 5.75 Å². The van der Waals surface area contributed by atoms with E-state index in [4.69, 9.17) is 16.3 Å². The van der Waals surface area contributed by atoms with Gasteiger partial charge in [0.15, 0.2) is 0 Å². The van der Waals surface area contributed by atoms with Crippen LogP contribution in [0.4, 0.5) is 0 Å². The smallest absolute Gasteiger partial charge is 0.118 e. The molecule has 0 amide bonds. The summed E-state index contributed by atoms with van der Waals surface area (Å²) in [5.41, 5.74) is 1.88. The Morgan fingerprint density at radius 1 is 1.15 bits per heavy atom. The average Bonchev–Trinajstić information content (AvgIpc) is 2.48. The van der Waals surface area contributed by atoms with Gasteiger partial charge in [-0.2, -0.15) is 0 Å². The molecule has 0 fully saturated rings. The zero-order valence-corrected chi connectivity index (χ0v) is 12.1. The Kier molecular flexibility index (Phi) is 5.41. The number of halogens is 1. The van der Waals surface area contributed by atoms with E-state index in [-0.39, 0.29) is 0 Å². The number of aliphatic hydroxyl groups is 1. The molecule has 0 bridgehead atoms. The monoisotopic (exact) mass is 291 g/mol. The number of ether oxygens (including phenoxy) is 1. The van der Waals surface area contributed by atoms with Crippen LogP contribution in [0.25, 0.3) is 0 Å². The highest BCUT2D eigenvalue weighted by Crippen LogP contribution is 2.22. The van der Waals surface area contributed by atoms with E-state index in [1.165, 1.54) is 0 Å². The average molecular weight is 292 g/mol. The van der Waals surface area contributed by atoms with Gasteiger partial charge in [0.05, 0.1) is 13.2 Å². The lowest BCUT2D eigenvalue weighted by molar-refractivity contribution is 0.174. The van der Waals surface area contributed by atoms with Crippen molar-refractivity contribution in [3.63, 3.8) is 0 Å². The molecular formula is C16H18ClNO2. The summed E-state index contributed by atoms with van der Waals surface area (Å²) in [5, 5.41) is 13.9. The van der Waals surface area contributed by atoms with E-state index in [0.29, 0.717) is 18.1 Å². The van der Waals surface area contributed by atoms with Gasteiger partial charge in [-0.05, 0) is 23.8 Å².